The minimum atomic E-state index is -0.393. The molecule has 0 unspecified atom stereocenters. The third-order valence-corrected chi connectivity index (χ3v) is 3.53. The number of halogens is 1. The lowest BCUT2D eigenvalue weighted by Gasteiger charge is -2.31. The van der Waals surface area contributed by atoms with Crippen LogP contribution in [-0.2, 0) is 0 Å². The number of hydrogen-bond acceptors (Lipinski definition) is 3. The summed E-state index contributed by atoms with van der Waals surface area (Å²) in [6, 6.07) is 3.44. The highest BCUT2D eigenvalue weighted by Gasteiger charge is 2.27. The normalized spacial score (nSPS) is 14.9. The number of benzene rings is 1. The van der Waals surface area contributed by atoms with E-state index in [1.807, 2.05) is 13.8 Å². The number of hydrogen-bond donors (Lipinski definition) is 1. The van der Waals surface area contributed by atoms with Crippen LogP contribution in [0.15, 0.2) is 12.1 Å². The lowest BCUT2D eigenvalue weighted by atomic mass is 10.1. The van der Waals surface area contributed by atoms with Crippen LogP contribution in [0.1, 0.15) is 40.5 Å². The van der Waals surface area contributed by atoms with Gasteiger partial charge in [-0.15, -0.1) is 0 Å². The van der Waals surface area contributed by atoms with Gasteiger partial charge in [0, 0.05) is 24.7 Å². The second-order valence-corrected chi connectivity index (χ2v) is 6.20. The molecule has 0 spiro atoms. The molecule has 0 bridgehead atoms. The smallest absolute Gasteiger partial charge is 0.167 e. The summed E-state index contributed by atoms with van der Waals surface area (Å²) in [5.74, 6) is 0.636. The van der Waals surface area contributed by atoms with Crippen LogP contribution in [0, 0.1) is 11.7 Å². The third kappa shape index (κ3) is 3.56. The van der Waals surface area contributed by atoms with Gasteiger partial charge in [0.2, 0.25) is 0 Å². The maximum Gasteiger partial charge on any atom is 0.167 e. The molecule has 2 rings (SSSR count). The van der Waals surface area contributed by atoms with Gasteiger partial charge in [0.1, 0.15) is 0 Å². The van der Waals surface area contributed by atoms with E-state index in [4.69, 9.17) is 10.5 Å². The maximum atomic E-state index is 13.9. The Balaban J connectivity index is 2.31. The zero-order valence-electron chi connectivity index (χ0n) is 12.8. The Bertz CT molecular complexity index is 470. The third-order valence-electron chi connectivity index (χ3n) is 3.53. The summed E-state index contributed by atoms with van der Waals surface area (Å²) in [4.78, 5) is 2.25. The summed E-state index contributed by atoms with van der Waals surface area (Å²) in [6.07, 6.45) is 2.50. The highest BCUT2D eigenvalue weighted by atomic mass is 19.1. The Hall–Kier alpha value is -1.45. The summed E-state index contributed by atoms with van der Waals surface area (Å²) >= 11 is 0. The average Bonchev–Trinajstić information content (AvgIpc) is 3.13. The first-order valence-corrected chi connectivity index (χ1v) is 7.40. The predicted octanol–water partition coefficient (Wildman–Crippen LogP) is 3.82. The van der Waals surface area contributed by atoms with E-state index in [1.165, 1.54) is 18.9 Å². The van der Waals surface area contributed by atoms with Gasteiger partial charge in [-0.25, -0.2) is 4.39 Å². The standard InChI is InChI=1S/C16H25FN2O/c1-10(2)19(9-12-5-6-12)15-8-16(20-11(3)4)13(17)7-14(15)18/h7-8,10-12H,5-6,9,18H2,1-4H3. The Labute approximate surface area is 120 Å². The summed E-state index contributed by atoms with van der Waals surface area (Å²) in [7, 11) is 0. The molecule has 0 aromatic heterocycles. The molecular weight excluding hydrogens is 255 g/mol. The Morgan fingerprint density at radius 2 is 1.95 bits per heavy atom. The largest absolute Gasteiger partial charge is 0.488 e. The van der Waals surface area contributed by atoms with Gasteiger partial charge in [-0.1, -0.05) is 0 Å². The second-order valence-electron chi connectivity index (χ2n) is 6.20. The molecule has 0 atom stereocenters. The summed E-state index contributed by atoms with van der Waals surface area (Å²) in [5.41, 5.74) is 7.38. The summed E-state index contributed by atoms with van der Waals surface area (Å²) in [6.45, 7) is 9.02. The number of ether oxygens (including phenoxy) is 1. The van der Waals surface area contributed by atoms with Gasteiger partial charge in [0.05, 0.1) is 17.5 Å². The highest BCUT2D eigenvalue weighted by Crippen LogP contribution is 2.37. The molecule has 0 aliphatic heterocycles. The van der Waals surface area contributed by atoms with Gasteiger partial charge in [0.25, 0.3) is 0 Å². The van der Waals surface area contributed by atoms with Crippen molar-refractivity contribution in [2.24, 2.45) is 5.92 Å². The topological polar surface area (TPSA) is 38.5 Å². The van der Waals surface area contributed by atoms with Crippen LogP contribution < -0.4 is 15.4 Å². The molecular formula is C16H25FN2O. The van der Waals surface area contributed by atoms with Crippen molar-refractivity contribution in [1.29, 1.82) is 0 Å². The Kier molecular flexibility index (Phi) is 4.41. The number of nitrogens with zero attached hydrogens (tertiary/aromatic N) is 1. The monoisotopic (exact) mass is 280 g/mol. The first kappa shape index (κ1) is 14.9. The van der Waals surface area contributed by atoms with Crippen LogP contribution in [0.25, 0.3) is 0 Å². The molecule has 1 saturated carbocycles. The van der Waals surface area contributed by atoms with Crippen molar-refractivity contribution in [3.8, 4) is 5.75 Å². The van der Waals surface area contributed by atoms with Crippen molar-refractivity contribution in [3.05, 3.63) is 17.9 Å². The van der Waals surface area contributed by atoms with Crippen molar-refractivity contribution in [2.75, 3.05) is 17.2 Å². The van der Waals surface area contributed by atoms with E-state index in [0.29, 0.717) is 11.7 Å². The molecule has 0 amide bonds. The van der Waals surface area contributed by atoms with E-state index in [0.717, 1.165) is 18.2 Å². The molecule has 1 aromatic rings. The summed E-state index contributed by atoms with van der Waals surface area (Å²) in [5, 5.41) is 0. The molecule has 1 aliphatic carbocycles. The van der Waals surface area contributed by atoms with Crippen molar-refractivity contribution >= 4 is 11.4 Å². The minimum Gasteiger partial charge on any atom is -0.488 e. The van der Waals surface area contributed by atoms with Crippen molar-refractivity contribution in [1.82, 2.24) is 0 Å². The van der Waals surface area contributed by atoms with E-state index in [9.17, 15) is 4.39 Å². The van der Waals surface area contributed by atoms with Gasteiger partial charge in [-0.05, 0) is 46.5 Å². The molecule has 1 aliphatic rings. The van der Waals surface area contributed by atoms with Crippen LogP contribution >= 0.6 is 0 Å². The lowest BCUT2D eigenvalue weighted by Crippen LogP contribution is -2.33. The minimum absolute atomic E-state index is 0.0584. The SMILES string of the molecule is CC(C)Oc1cc(N(CC2CC2)C(C)C)c(N)cc1F. The van der Waals surface area contributed by atoms with Crippen LogP contribution in [0.5, 0.6) is 5.75 Å². The first-order chi connectivity index (χ1) is 9.38. The van der Waals surface area contributed by atoms with Crippen LogP contribution in [-0.4, -0.2) is 18.7 Å². The van der Waals surface area contributed by atoms with Gasteiger partial charge < -0.3 is 15.4 Å². The zero-order valence-corrected chi connectivity index (χ0v) is 12.8. The van der Waals surface area contributed by atoms with Crippen molar-refractivity contribution < 1.29 is 9.13 Å². The Morgan fingerprint density at radius 3 is 2.45 bits per heavy atom. The van der Waals surface area contributed by atoms with E-state index in [-0.39, 0.29) is 11.9 Å². The van der Waals surface area contributed by atoms with E-state index in [2.05, 4.69) is 18.7 Å². The number of rotatable bonds is 6. The maximum absolute atomic E-state index is 13.9. The molecule has 2 N–H and O–H groups in total. The molecule has 3 nitrogen and oxygen atoms in total. The molecule has 1 fully saturated rings. The Morgan fingerprint density at radius 1 is 1.30 bits per heavy atom. The quantitative estimate of drug-likeness (QED) is 0.805. The molecule has 0 heterocycles. The van der Waals surface area contributed by atoms with Crippen LogP contribution in [0.2, 0.25) is 0 Å². The first-order valence-electron chi connectivity index (χ1n) is 7.40. The van der Waals surface area contributed by atoms with E-state index in [1.54, 1.807) is 6.07 Å². The lowest BCUT2D eigenvalue weighted by molar-refractivity contribution is 0.231. The summed E-state index contributed by atoms with van der Waals surface area (Å²) < 4.78 is 19.4. The predicted molar refractivity (Wildman–Crippen MR) is 81.8 cm³/mol. The average molecular weight is 280 g/mol. The zero-order chi connectivity index (χ0) is 14.9. The van der Waals surface area contributed by atoms with Crippen LogP contribution in [0.3, 0.4) is 0 Å². The van der Waals surface area contributed by atoms with Crippen molar-refractivity contribution in [2.45, 2.75) is 52.7 Å². The molecule has 4 heteroatoms. The van der Waals surface area contributed by atoms with Crippen molar-refractivity contribution in [3.63, 3.8) is 0 Å². The van der Waals surface area contributed by atoms with Gasteiger partial charge >= 0.3 is 0 Å². The van der Waals surface area contributed by atoms with Gasteiger partial charge in [-0.3, -0.25) is 0 Å². The van der Waals surface area contributed by atoms with Crippen LogP contribution in [0.4, 0.5) is 15.8 Å². The highest BCUT2D eigenvalue weighted by molar-refractivity contribution is 5.70. The fraction of sp³-hybridized carbons (Fsp3) is 0.625. The number of nitrogens with two attached hydrogens (primary N) is 1. The fourth-order valence-corrected chi connectivity index (χ4v) is 2.32. The van der Waals surface area contributed by atoms with E-state index >= 15 is 0 Å². The van der Waals surface area contributed by atoms with Gasteiger partial charge in [0.15, 0.2) is 11.6 Å². The molecule has 0 radical (unpaired) electrons. The van der Waals surface area contributed by atoms with E-state index < -0.39 is 5.82 Å². The number of nitrogen functional groups attached to an aromatic ring is 1. The number of anilines is 2. The molecule has 1 aromatic carbocycles. The molecule has 20 heavy (non-hydrogen) atoms. The second kappa shape index (κ2) is 5.90. The fourth-order valence-electron chi connectivity index (χ4n) is 2.32. The van der Waals surface area contributed by atoms with Gasteiger partial charge in [-0.2, -0.15) is 0 Å². The molecule has 112 valence electrons. The molecule has 0 saturated heterocycles.